The lowest BCUT2D eigenvalue weighted by Gasteiger charge is -2.31. The third kappa shape index (κ3) is 4.61. The molecule has 0 aromatic carbocycles. The first kappa shape index (κ1) is 14.9. The summed E-state index contributed by atoms with van der Waals surface area (Å²) < 4.78 is 16.1. The minimum Gasteiger partial charge on any atom is -0.480 e. The molecule has 0 aromatic heterocycles. The van der Waals surface area contributed by atoms with E-state index in [9.17, 15) is 13.8 Å². The molecule has 7 nitrogen and oxygen atoms in total. The second kappa shape index (κ2) is 7.32. The molecule has 1 rings (SSSR count). The summed E-state index contributed by atoms with van der Waals surface area (Å²) in [5, 5.41) is 8.77. The van der Waals surface area contributed by atoms with Crippen LogP contribution in [0.2, 0.25) is 0 Å². The van der Waals surface area contributed by atoms with Gasteiger partial charge < -0.3 is 19.6 Å². The van der Waals surface area contributed by atoms with Gasteiger partial charge in [-0.05, 0) is 0 Å². The third-order valence-corrected chi connectivity index (χ3v) is 3.89. The number of carboxylic acid groups (broad SMARTS) is 1. The average molecular weight is 278 g/mol. The second-order valence-corrected chi connectivity index (χ2v) is 5.62. The van der Waals surface area contributed by atoms with Crippen molar-refractivity contribution in [3.05, 3.63) is 0 Å². The van der Waals surface area contributed by atoms with Crippen molar-refractivity contribution >= 4 is 22.8 Å². The lowest BCUT2D eigenvalue weighted by atomic mass is 10.4. The first-order valence-electron chi connectivity index (χ1n) is 5.64. The summed E-state index contributed by atoms with van der Waals surface area (Å²) in [5.74, 6) is -0.145. The Hall–Kier alpha value is -1.15. The molecule has 0 spiro atoms. The molecule has 0 radical (unpaired) electrons. The van der Waals surface area contributed by atoms with E-state index in [1.165, 1.54) is 12.0 Å². The maximum Gasteiger partial charge on any atom is 0.323 e. The molecule has 0 atom stereocenters. The summed E-state index contributed by atoms with van der Waals surface area (Å²) in [6, 6.07) is -0.328. The van der Waals surface area contributed by atoms with Crippen LogP contribution >= 0.6 is 0 Å². The number of hydrogen-bond donors (Lipinski definition) is 1. The van der Waals surface area contributed by atoms with Crippen LogP contribution in [0.1, 0.15) is 0 Å². The molecule has 1 aliphatic heterocycles. The molecular weight excluding hydrogens is 260 g/mol. The minimum absolute atomic E-state index is 0.237. The van der Waals surface area contributed by atoms with Crippen molar-refractivity contribution in [1.82, 2.24) is 9.80 Å². The van der Waals surface area contributed by atoms with E-state index >= 15 is 0 Å². The van der Waals surface area contributed by atoms with Crippen molar-refractivity contribution in [3.8, 4) is 0 Å². The summed E-state index contributed by atoms with van der Waals surface area (Å²) >= 11 is 0. The van der Waals surface area contributed by atoms with Gasteiger partial charge in [0.15, 0.2) is 0 Å². The number of urea groups is 1. The zero-order chi connectivity index (χ0) is 13.5. The topological polar surface area (TPSA) is 87.2 Å². The van der Waals surface area contributed by atoms with Gasteiger partial charge in [0, 0.05) is 49.0 Å². The maximum atomic E-state index is 12.1. The molecular formula is C10H18N2O5S. The number of rotatable bonds is 5. The van der Waals surface area contributed by atoms with Gasteiger partial charge in [0.1, 0.15) is 6.54 Å². The Kier molecular flexibility index (Phi) is 6.06. The molecule has 18 heavy (non-hydrogen) atoms. The molecule has 1 N–H and O–H groups in total. The highest BCUT2D eigenvalue weighted by Gasteiger charge is 2.25. The van der Waals surface area contributed by atoms with E-state index in [1.807, 2.05) is 0 Å². The molecule has 104 valence electrons. The Morgan fingerprint density at radius 2 is 2.00 bits per heavy atom. The van der Waals surface area contributed by atoms with E-state index < -0.39 is 16.8 Å². The predicted octanol–water partition coefficient (Wildman–Crippen LogP) is -0.796. The van der Waals surface area contributed by atoms with Gasteiger partial charge in [-0.25, -0.2) is 4.79 Å². The number of nitrogens with zero attached hydrogens (tertiary/aromatic N) is 2. The molecule has 1 saturated heterocycles. The normalized spacial score (nSPS) is 16.6. The number of methoxy groups -OCH3 is 1. The van der Waals surface area contributed by atoms with E-state index in [2.05, 4.69) is 0 Å². The number of ether oxygens (including phenoxy) is 1. The van der Waals surface area contributed by atoms with Gasteiger partial charge in [0.2, 0.25) is 0 Å². The Morgan fingerprint density at radius 3 is 2.50 bits per heavy atom. The van der Waals surface area contributed by atoms with E-state index in [4.69, 9.17) is 9.84 Å². The van der Waals surface area contributed by atoms with Crippen LogP contribution in [0, 0.1) is 0 Å². The standard InChI is InChI=1S/C10H18N2O5S/c1-17-5-2-12(8-9(13)14)10(15)11-3-6-18(16)7-4-11/h2-8H2,1H3,(H,13,14). The Balaban J connectivity index is 2.56. The molecule has 1 heterocycles. The average Bonchev–Trinajstić information content (AvgIpc) is 2.34. The first-order valence-corrected chi connectivity index (χ1v) is 7.13. The van der Waals surface area contributed by atoms with Crippen molar-refractivity contribution in [2.24, 2.45) is 0 Å². The largest absolute Gasteiger partial charge is 0.480 e. The van der Waals surface area contributed by atoms with Gasteiger partial charge in [0.05, 0.1) is 6.61 Å². The molecule has 8 heteroatoms. The monoisotopic (exact) mass is 278 g/mol. The Bertz CT molecular complexity index is 326. The highest BCUT2D eigenvalue weighted by atomic mass is 32.2. The number of carbonyl (C=O) groups excluding carboxylic acids is 1. The van der Waals surface area contributed by atoms with Crippen molar-refractivity contribution in [1.29, 1.82) is 0 Å². The van der Waals surface area contributed by atoms with E-state index in [-0.39, 0.29) is 19.1 Å². The summed E-state index contributed by atoms with van der Waals surface area (Å²) in [6.45, 7) is 1.00. The van der Waals surface area contributed by atoms with Gasteiger partial charge in [-0.15, -0.1) is 0 Å². The highest BCUT2D eigenvalue weighted by Crippen LogP contribution is 2.05. The van der Waals surface area contributed by atoms with Gasteiger partial charge >= 0.3 is 12.0 Å². The SMILES string of the molecule is COCCN(CC(=O)O)C(=O)N1CCS(=O)CC1. The van der Waals surface area contributed by atoms with Gasteiger partial charge in [-0.3, -0.25) is 9.00 Å². The van der Waals surface area contributed by atoms with Gasteiger partial charge in [-0.1, -0.05) is 0 Å². The van der Waals surface area contributed by atoms with E-state index in [0.717, 1.165) is 0 Å². The van der Waals surface area contributed by atoms with Crippen LogP contribution in [0.25, 0.3) is 0 Å². The fraction of sp³-hybridized carbons (Fsp3) is 0.800. The molecule has 0 aliphatic carbocycles. The number of aliphatic carboxylic acids is 1. The van der Waals surface area contributed by atoms with Crippen LogP contribution in [-0.4, -0.2) is 82.5 Å². The van der Waals surface area contributed by atoms with Crippen molar-refractivity contribution in [2.75, 3.05) is 51.4 Å². The zero-order valence-electron chi connectivity index (χ0n) is 10.3. The van der Waals surface area contributed by atoms with Crippen molar-refractivity contribution < 1.29 is 23.6 Å². The Morgan fingerprint density at radius 1 is 1.39 bits per heavy atom. The molecule has 2 amide bonds. The number of carboxylic acids is 1. The molecule has 0 bridgehead atoms. The highest BCUT2D eigenvalue weighted by molar-refractivity contribution is 7.85. The number of hydrogen-bond acceptors (Lipinski definition) is 4. The maximum absolute atomic E-state index is 12.1. The summed E-state index contributed by atoms with van der Waals surface area (Å²) in [7, 11) is 0.633. The molecule has 1 aliphatic rings. The summed E-state index contributed by atoms with van der Waals surface area (Å²) in [6.07, 6.45) is 0. The number of amides is 2. The third-order valence-electron chi connectivity index (χ3n) is 2.61. The van der Waals surface area contributed by atoms with Crippen LogP contribution in [0.4, 0.5) is 4.79 Å². The van der Waals surface area contributed by atoms with Crippen LogP contribution < -0.4 is 0 Å². The van der Waals surface area contributed by atoms with Crippen LogP contribution in [-0.2, 0) is 20.3 Å². The van der Waals surface area contributed by atoms with E-state index in [0.29, 0.717) is 31.2 Å². The predicted molar refractivity (Wildman–Crippen MR) is 65.9 cm³/mol. The molecule has 1 fully saturated rings. The Labute approximate surface area is 108 Å². The molecule has 0 aromatic rings. The smallest absolute Gasteiger partial charge is 0.323 e. The summed E-state index contributed by atoms with van der Waals surface area (Å²) in [4.78, 5) is 25.6. The lowest BCUT2D eigenvalue weighted by Crippen LogP contribution is -2.50. The molecule has 0 saturated carbocycles. The number of carbonyl (C=O) groups is 2. The first-order chi connectivity index (χ1) is 8.54. The minimum atomic E-state index is -1.06. The van der Waals surface area contributed by atoms with Crippen LogP contribution in [0.5, 0.6) is 0 Å². The zero-order valence-corrected chi connectivity index (χ0v) is 11.1. The van der Waals surface area contributed by atoms with Crippen LogP contribution in [0.15, 0.2) is 0 Å². The summed E-state index contributed by atoms with van der Waals surface area (Å²) in [5.41, 5.74) is 0. The van der Waals surface area contributed by atoms with Crippen molar-refractivity contribution in [2.45, 2.75) is 0 Å². The van der Waals surface area contributed by atoms with Gasteiger partial charge in [-0.2, -0.15) is 0 Å². The fourth-order valence-corrected chi connectivity index (χ4v) is 2.69. The fourth-order valence-electron chi connectivity index (χ4n) is 1.64. The van der Waals surface area contributed by atoms with Gasteiger partial charge in [0.25, 0.3) is 0 Å². The lowest BCUT2D eigenvalue weighted by molar-refractivity contribution is -0.137. The molecule has 0 unspecified atom stereocenters. The quantitative estimate of drug-likeness (QED) is 0.711. The van der Waals surface area contributed by atoms with Crippen molar-refractivity contribution in [3.63, 3.8) is 0 Å². The van der Waals surface area contributed by atoms with E-state index in [1.54, 1.807) is 4.90 Å². The van der Waals surface area contributed by atoms with Crippen LogP contribution in [0.3, 0.4) is 0 Å². The second-order valence-electron chi connectivity index (χ2n) is 3.93.